The van der Waals surface area contributed by atoms with E-state index >= 15 is 0 Å². The van der Waals surface area contributed by atoms with Gasteiger partial charge < -0.3 is 10.1 Å². The number of hydrogen-bond donors (Lipinski definition) is 1. The van der Waals surface area contributed by atoms with E-state index in [9.17, 15) is 9.18 Å². The average Bonchev–Trinajstić information content (AvgIpc) is 2.90. The number of rotatable bonds is 3. The zero-order chi connectivity index (χ0) is 14.8. The largest absolute Gasteiger partial charge is 0.465 e. The summed E-state index contributed by atoms with van der Waals surface area (Å²) in [6.45, 7) is 0. The van der Waals surface area contributed by atoms with Gasteiger partial charge in [0.15, 0.2) is 0 Å². The molecule has 108 valence electrons. The first-order valence-electron chi connectivity index (χ1n) is 6.77. The standard InChI is InChI=1S/C16H15FN2O2/c1-21-16(20)12-6-5-11(17)9-14(12)19-13-7-4-10-3-2-8-18-15(10)13/h2-3,5-6,8-9,13,19H,4,7H2,1H3. The second kappa shape index (κ2) is 5.52. The van der Waals surface area contributed by atoms with E-state index in [4.69, 9.17) is 4.74 Å². The van der Waals surface area contributed by atoms with Crippen molar-refractivity contribution in [3.63, 3.8) is 0 Å². The van der Waals surface area contributed by atoms with E-state index in [1.165, 1.54) is 30.9 Å². The Hall–Kier alpha value is -2.43. The Morgan fingerprint density at radius 2 is 2.29 bits per heavy atom. The number of ether oxygens (including phenoxy) is 1. The zero-order valence-corrected chi connectivity index (χ0v) is 11.6. The Kier molecular flexibility index (Phi) is 3.56. The van der Waals surface area contributed by atoms with Crippen molar-refractivity contribution >= 4 is 11.7 Å². The van der Waals surface area contributed by atoms with Gasteiger partial charge in [0, 0.05) is 6.20 Å². The van der Waals surface area contributed by atoms with Crippen LogP contribution < -0.4 is 5.32 Å². The maximum atomic E-state index is 13.5. The molecule has 21 heavy (non-hydrogen) atoms. The fourth-order valence-electron chi connectivity index (χ4n) is 2.66. The van der Waals surface area contributed by atoms with Crippen LogP contribution in [0.4, 0.5) is 10.1 Å². The van der Waals surface area contributed by atoms with Gasteiger partial charge in [-0.25, -0.2) is 9.18 Å². The van der Waals surface area contributed by atoms with Gasteiger partial charge in [0.2, 0.25) is 0 Å². The van der Waals surface area contributed by atoms with Gasteiger partial charge in [0.05, 0.1) is 30.1 Å². The number of carbonyl (C=O) groups is 1. The van der Waals surface area contributed by atoms with E-state index in [-0.39, 0.29) is 6.04 Å². The molecule has 1 aliphatic rings. The summed E-state index contributed by atoms with van der Waals surface area (Å²) in [4.78, 5) is 16.1. The highest BCUT2D eigenvalue weighted by atomic mass is 19.1. The molecule has 0 fully saturated rings. The van der Waals surface area contributed by atoms with Gasteiger partial charge in [-0.1, -0.05) is 6.07 Å². The normalized spacial score (nSPS) is 16.4. The first-order valence-corrected chi connectivity index (χ1v) is 6.77. The lowest BCUT2D eigenvalue weighted by Gasteiger charge is -2.17. The zero-order valence-electron chi connectivity index (χ0n) is 11.6. The topological polar surface area (TPSA) is 51.2 Å². The van der Waals surface area contributed by atoms with Crippen LogP contribution in [0, 0.1) is 5.82 Å². The fraction of sp³-hybridized carbons (Fsp3) is 0.250. The Morgan fingerprint density at radius 1 is 1.43 bits per heavy atom. The van der Waals surface area contributed by atoms with Gasteiger partial charge in [-0.3, -0.25) is 4.98 Å². The predicted octanol–water partition coefficient (Wildman–Crippen LogP) is 3.11. The van der Waals surface area contributed by atoms with Crippen molar-refractivity contribution in [2.75, 3.05) is 12.4 Å². The van der Waals surface area contributed by atoms with Gasteiger partial charge >= 0.3 is 5.97 Å². The summed E-state index contributed by atoms with van der Waals surface area (Å²) in [5.74, 6) is -0.888. The SMILES string of the molecule is COC(=O)c1ccc(F)cc1NC1CCc2cccnc21. The van der Waals surface area contributed by atoms with Crippen LogP contribution in [0.25, 0.3) is 0 Å². The predicted molar refractivity (Wildman–Crippen MR) is 76.7 cm³/mol. The summed E-state index contributed by atoms with van der Waals surface area (Å²) in [6, 6.07) is 7.91. The van der Waals surface area contributed by atoms with E-state index in [1.54, 1.807) is 6.20 Å². The molecule has 5 heteroatoms. The van der Waals surface area contributed by atoms with E-state index in [0.717, 1.165) is 18.5 Å². The van der Waals surface area contributed by atoms with Crippen LogP contribution in [0.1, 0.15) is 34.1 Å². The van der Waals surface area contributed by atoms with Crippen LogP contribution in [-0.2, 0) is 11.2 Å². The Balaban J connectivity index is 1.92. The smallest absolute Gasteiger partial charge is 0.339 e. The molecule has 0 bridgehead atoms. The summed E-state index contributed by atoms with van der Waals surface area (Å²) in [6.07, 6.45) is 3.53. The minimum Gasteiger partial charge on any atom is -0.465 e. The third-order valence-corrected chi connectivity index (χ3v) is 3.68. The van der Waals surface area contributed by atoms with Crippen LogP contribution in [0.2, 0.25) is 0 Å². The molecular weight excluding hydrogens is 271 g/mol. The molecule has 1 unspecified atom stereocenters. The molecule has 1 heterocycles. The van der Waals surface area contributed by atoms with Crippen LogP contribution in [0.3, 0.4) is 0 Å². The molecule has 0 aliphatic heterocycles. The first kappa shape index (κ1) is 13.5. The van der Waals surface area contributed by atoms with E-state index < -0.39 is 11.8 Å². The Bertz CT molecular complexity index is 688. The molecule has 0 radical (unpaired) electrons. The molecule has 0 saturated carbocycles. The lowest BCUT2D eigenvalue weighted by atomic mass is 10.1. The highest BCUT2D eigenvalue weighted by Gasteiger charge is 2.25. The number of fused-ring (bicyclic) bond motifs is 1. The number of carbonyl (C=O) groups excluding carboxylic acids is 1. The lowest BCUT2D eigenvalue weighted by Crippen LogP contribution is -2.13. The maximum Gasteiger partial charge on any atom is 0.339 e. The number of hydrogen-bond acceptors (Lipinski definition) is 4. The summed E-state index contributed by atoms with van der Waals surface area (Å²) in [5, 5.41) is 3.22. The van der Waals surface area contributed by atoms with Gasteiger partial charge in [-0.05, 0) is 42.7 Å². The molecule has 2 aromatic rings. The summed E-state index contributed by atoms with van der Waals surface area (Å²) < 4.78 is 18.2. The van der Waals surface area contributed by atoms with E-state index in [0.29, 0.717) is 11.3 Å². The van der Waals surface area contributed by atoms with Crippen molar-refractivity contribution in [1.29, 1.82) is 0 Å². The second-order valence-corrected chi connectivity index (χ2v) is 4.96. The summed E-state index contributed by atoms with van der Waals surface area (Å²) >= 11 is 0. The minimum atomic E-state index is -0.489. The van der Waals surface area contributed by atoms with E-state index in [2.05, 4.69) is 10.3 Å². The Morgan fingerprint density at radius 3 is 3.10 bits per heavy atom. The molecule has 0 spiro atoms. The number of nitrogens with one attached hydrogen (secondary N) is 1. The number of pyridine rings is 1. The van der Waals surface area contributed by atoms with Crippen LogP contribution in [0.5, 0.6) is 0 Å². The van der Waals surface area contributed by atoms with E-state index in [1.807, 2.05) is 12.1 Å². The summed E-state index contributed by atoms with van der Waals surface area (Å²) in [7, 11) is 1.31. The molecular formula is C16H15FN2O2. The highest BCUT2D eigenvalue weighted by molar-refractivity contribution is 5.95. The van der Waals surface area contributed by atoms with Crippen molar-refractivity contribution in [3.8, 4) is 0 Å². The molecule has 1 aromatic carbocycles. The number of anilines is 1. The second-order valence-electron chi connectivity index (χ2n) is 4.96. The van der Waals surface area contributed by atoms with Crippen molar-refractivity contribution in [2.24, 2.45) is 0 Å². The molecule has 1 atom stereocenters. The number of halogens is 1. The molecule has 1 aliphatic carbocycles. The number of methoxy groups -OCH3 is 1. The van der Waals surface area contributed by atoms with Gasteiger partial charge in [0.1, 0.15) is 5.82 Å². The van der Waals surface area contributed by atoms with Gasteiger partial charge in [-0.2, -0.15) is 0 Å². The number of aromatic nitrogens is 1. The molecule has 1 N–H and O–H groups in total. The van der Waals surface area contributed by atoms with Crippen molar-refractivity contribution in [2.45, 2.75) is 18.9 Å². The molecule has 0 saturated heterocycles. The van der Waals surface area contributed by atoms with Crippen molar-refractivity contribution in [1.82, 2.24) is 4.98 Å². The van der Waals surface area contributed by atoms with Crippen LogP contribution in [0.15, 0.2) is 36.5 Å². The van der Waals surface area contributed by atoms with Crippen molar-refractivity contribution < 1.29 is 13.9 Å². The van der Waals surface area contributed by atoms with Crippen LogP contribution in [-0.4, -0.2) is 18.1 Å². The first-order chi connectivity index (χ1) is 10.2. The molecule has 4 nitrogen and oxygen atoms in total. The average molecular weight is 286 g/mol. The minimum absolute atomic E-state index is 0.0218. The summed E-state index contributed by atoms with van der Waals surface area (Å²) in [5.41, 5.74) is 2.90. The van der Waals surface area contributed by atoms with Crippen LogP contribution >= 0.6 is 0 Å². The number of benzene rings is 1. The third-order valence-electron chi connectivity index (χ3n) is 3.68. The fourth-order valence-corrected chi connectivity index (χ4v) is 2.66. The number of nitrogens with zero attached hydrogens (tertiary/aromatic N) is 1. The monoisotopic (exact) mass is 286 g/mol. The number of esters is 1. The number of aryl methyl sites for hydroxylation is 1. The lowest BCUT2D eigenvalue weighted by molar-refractivity contribution is 0.0601. The Labute approximate surface area is 122 Å². The molecule has 1 aromatic heterocycles. The molecule has 0 amide bonds. The third kappa shape index (κ3) is 2.59. The van der Waals surface area contributed by atoms with Crippen molar-refractivity contribution in [3.05, 3.63) is 59.2 Å². The maximum absolute atomic E-state index is 13.5. The van der Waals surface area contributed by atoms with Gasteiger partial charge in [0.25, 0.3) is 0 Å². The highest BCUT2D eigenvalue weighted by Crippen LogP contribution is 2.33. The quantitative estimate of drug-likeness (QED) is 0.881. The molecule has 3 rings (SSSR count). The van der Waals surface area contributed by atoms with Gasteiger partial charge in [-0.15, -0.1) is 0 Å².